The molecule has 0 bridgehead atoms. The zero-order chi connectivity index (χ0) is 15.7. The topological polar surface area (TPSA) is 73.1 Å². The van der Waals surface area contributed by atoms with Gasteiger partial charge in [0.25, 0.3) is 0 Å². The fourth-order valence-corrected chi connectivity index (χ4v) is 1.40. The summed E-state index contributed by atoms with van der Waals surface area (Å²) in [4.78, 5) is 0. The van der Waals surface area contributed by atoms with Crippen LogP contribution in [-0.4, -0.2) is 9.13 Å². The third-order valence-electron chi connectivity index (χ3n) is 2.18. The molecule has 0 saturated heterocycles. The Morgan fingerprint density at radius 1 is 0.900 bits per heavy atom. The Labute approximate surface area is 136 Å². The van der Waals surface area contributed by atoms with E-state index in [4.69, 9.17) is 28.1 Å². The molecule has 0 aliphatic rings. The second kappa shape index (κ2) is 9.60. The molecule has 0 atom stereocenters. The Morgan fingerprint density at radius 3 is 1.40 bits per heavy atom. The van der Waals surface area contributed by atoms with E-state index in [1.807, 2.05) is 0 Å². The Morgan fingerprint density at radius 2 is 1.20 bits per heavy atom. The number of rotatable bonds is 0. The van der Waals surface area contributed by atoms with Crippen LogP contribution in [0.1, 0.15) is 0 Å². The quantitative estimate of drug-likeness (QED) is 0.676. The van der Waals surface area contributed by atoms with Crippen molar-refractivity contribution >= 4 is 24.4 Å². The van der Waals surface area contributed by atoms with Crippen LogP contribution in [-0.2, 0) is 35.1 Å². The summed E-state index contributed by atoms with van der Waals surface area (Å²) in [5.74, 6) is -0.176. The first kappa shape index (κ1) is 18.7. The van der Waals surface area contributed by atoms with Crippen molar-refractivity contribution < 1.29 is 31.3 Å². The van der Waals surface area contributed by atoms with Gasteiger partial charge in [0.2, 0.25) is 0 Å². The van der Waals surface area contributed by atoms with E-state index >= 15 is 0 Å². The number of hydrogen-bond donors (Lipinski definition) is 0. The van der Waals surface area contributed by atoms with Crippen molar-refractivity contribution in [2.24, 2.45) is 14.1 Å². The molecule has 105 valence electrons. The third kappa shape index (κ3) is 5.79. The third-order valence-corrected chi connectivity index (χ3v) is 3.16. The van der Waals surface area contributed by atoms with E-state index in [0.717, 1.165) is 17.4 Å². The maximum atomic E-state index is 10.7. The summed E-state index contributed by atoms with van der Waals surface area (Å²) in [6.07, 6.45) is 3.51. The van der Waals surface area contributed by atoms with E-state index in [-0.39, 0.29) is 11.5 Å². The Bertz CT molecular complexity index is 566. The van der Waals surface area contributed by atoms with Gasteiger partial charge in [0.05, 0.1) is 9.28 Å². The van der Waals surface area contributed by atoms with Crippen molar-refractivity contribution in [2.45, 2.75) is 0 Å². The molecule has 2 heterocycles. The van der Waals surface area contributed by atoms with Crippen LogP contribution in [0.2, 0.25) is 0 Å². The number of nitrogens with zero attached hydrogens (tertiary/aromatic N) is 2. The Kier molecular flexibility index (Phi) is 8.99. The van der Waals surface area contributed by atoms with Gasteiger partial charge in [0, 0.05) is 26.5 Å². The van der Waals surface area contributed by atoms with E-state index in [1.165, 1.54) is 12.1 Å². The number of aromatic nitrogens is 2. The molecule has 20 heavy (non-hydrogen) atoms. The maximum absolute atomic E-state index is 10.7. The van der Waals surface area contributed by atoms with Gasteiger partial charge < -0.3 is 19.3 Å². The summed E-state index contributed by atoms with van der Waals surface area (Å²) >= 11 is 10.6. The van der Waals surface area contributed by atoms with E-state index < -0.39 is 0 Å². The molecule has 0 radical (unpaired) electrons. The predicted octanol–water partition coefficient (Wildman–Crippen LogP) is 1.54. The van der Waals surface area contributed by atoms with Crippen LogP contribution < -0.4 is 10.2 Å². The van der Waals surface area contributed by atoms with Crippen molar-refractivity contribution in [3.8, 4) is 11.5 Å². The van der Waals surface area contributed by atoms with Crippen LogP contribution in [0.4, 0.5) is 0 Å². The fourth-order valence-electron chi connectivity index (χ4n) is 1.14. The molecule has 8 heteroatoms. The molecule has 2 rings (SSSR count). The van der Waals surface area contributed by atoms with Crippen LogP contribution >= 0.6 is 24.4 Å². The number of aryl methyl sites for hydroxylation is 2. The Balaban J connectivity index is 0.000000321. The normalized spacial score (nSPS) is 8.80. The van der Waals surface area contributed by atoms with Gasteiger partial charge in [-0.25, -0.2) is 0 Å². The Hall–Kier alpha value is -1.28. The van der Waals surface area contributed by atoms with Crippen LogP contribution in [0, 0.1) is 9.28 Å². The van der Waals surface area contributed by atoms with E-state index in [1.54, 1.807) is 47.8 Å². The standard InChI is InChI=1S/2C6H7NOS.O.V/c2*1-7-4-2-3-5(8)6(7)9;;/h2*2-4,8H,1H3;;/q;;;+2/p-2. The molecule has 0 aliphatic heterocycles. The average molecular weight is 347 g/mol. The molecule has 0 aromatic carbocycles. The molecule has 2 aromatic rings. The first-order valence-corrected chi connectivity index (χ1v) is 6.65. The van der Waals surface area contributed by atoms with Gasteiger partial charge in [0.15, 0.2) is 0 Å². The van der Waals surface area contributed by atoms with Crippen molar-refractivity contribution in [2.75, 3.05) is 0 Å². The number of pyridine rings is 2. The minimum atomic E-state index is -0.0880. The summed E-state index contributed by atoms with van der Waals surface area (Å²) in [5, 5.41) is 21.4. The fraction of sp³-hybridized carbons (Fsp3) is 0.167. The molecule has 0 N–H and O–H groups in total. The van der Waals surface area contributed by atoms with Crippen LogP contribution in [0.5, 0.6) is 11.5 Å². The monoisotopic (exact) mass is 347 g/mol. The molecule has 0 aliphatic carbocycles. The SMILES string of the molecule is Cn1cccc([O-])c1=S.Cn1cccc([O-])c1=S.[O]=[V+2]. The van der Waals surface area contributed by atoms with Crippen molar-refractivity contribution in [3.63, 3.8) is 0 Å². The van der Waals surface area contributed by atoms with Gasteiger partial charge in [-0.05, 0) is 12.1 Å². The summed E-state index contributed by atoms with van der Waals surface area (Å²) in [7, 11) is 3.51. The molecule has 0 spiro atoms. The molecule has 0 unspecified atom stereocenters. The van der Waals surface area contributed by atoms with Crippen molar-refractivity contribution in [1.82, 2.24) is 9.13 Å². The van der Waals surface area contributed by atoms with Gasteiger partial charge in [-0.15, -0.1) is 0 Å². The zero-order valence-electron chi connectivity index (χ0n) is 10.8. The molecule has 0 fully saturated rings. The van der Waals surface area contributed by atoms with Gasteiger partial charge >= 0.3 is 21.0 Å². The van der Waals surface area contributed by atoms with Gasteiger partial charge in [0.1, 0.15) is 0 Å². The average Bonchev–Trinajstić information content (AvgIpc) is 2.45. The van der Waals surface area contributed by atoms with E-state index in [9.17, 15) is 10.2 Å². The molecular weight excluding hydrogens is 335 g/mol. The second-order valence-electron chi connectivity index (χ2n) is 3.58. The molecule has 2 aromatic heterocycles. The summed E-state index contributed by atoms with van der Waals surface area (Å²) in [6, 6.07) is 6.28. The van der Waals surface area contributed by atoms with Crippen LogP contribution in [0.25, 0.3) is 0 Å². The zero-order valence-corrected chi connectivity index (χ0v) is 13.9. The molecule has 5 nitrogen and oxygen atoms in total. The van der Waals surface area contributed by atoms with E-state index in [0.29, 0.717) is 9.28 Å². The number of hydrogen-bond acceptors (Lipinski definition) is 5. The summed E-state index contributed by atoms with van der Waals surface area (Å²) in [5.41, 5.74) is 0. The van der Waals surface area contributed by atoms with E-state index in [2.05, 4.69) is 0 Å². The van der Waals surface area contributed by atoms with Gasteiger partial charge in [-0.1, -0.05) is 48.1 Å². The second-order valence-corrected chi connectivity index (χ2v) is 4.35. The summed E-state index contributed by atoms with van der Waals surface area (Å²) < 4.78 is 12.2. The van der Waals surface area contributed by atoms with Crippen molar-refractivity contribution in [3.05, 3.63) is 45.9 Å². The molecule has 0 amide bonds. The summed E-state index contributed by atoms with van der Waals surface area (Å²) in [6.45, 7) is 0. The van der Waals surface area contributed by atoms with Crippen molar-refractivity contribution in [1.29, 1.82) is 0 Å². The minimum absolute atomic E-state index is 0.0880. The van der Waals surface area contributed by atoms with Gasteiger partial charge in [-0.2, -0.15) is 0 Å². The predicted molar refractivity (Wildman–Crippen MR) is 72.1 cm³/mol. The molecule has 0 saturated carbocycles. The first-order chi connectivity index (χ1) is 9.43. The molecular formula is C12H12N2O3S2V. The van der Waals surface area contributed by atoms with Gasteiger partial charge in [-0.3, -0.25) is 0 Å². The van der Waals surface area contributed by atoms with Crippen LogP contribution in [0.3, 0.4) is 0 Å². The first-order valence-electron chi connectivity index (χ1n) is 5.27. The van der Waals surface area contributed by atoms with Crippen LogP contribution in [0.15, 0.2) is 36.7 Å².